The second-order valence-corrected chi connectivity index (χ2v) is 9.35. The molecule has 10 heteroatoms. The summed E-state index contributed by atoms with van der Waals surface area (Å²) in [6.07, 6.45) is 0.747. The molecule has 3 aromatic rings. The number of pyridine rings is 1. The fourth-order valence-corrected chi connectivity index (χ4v) is 5.02. The van der Waals surface area contributed by atoms with E-state index in [0.29, 0.717) is 29.1 Å². The third-order valence-electron chi connectivity index (χ3n) is 5.19. The topological polar surface area (TPSA) is 119 Å². The molecule has 0 fully saturated rings. The SMILES string of the molecule is Cc1nn(C)c2c1S(=O)(=O)N=C(c1c(O)c3ccccc3n(CCC(C)C)c1=O)N2. The van der Waals surface area contributed by atoms with E-state index in [-0.39, 0.29) is 27.9 Å². The Labute approximate surface area is 173 Å². The van der Waals surface area contributed by atoms with Crippen LogP contribution in [0.3, 0.4) is 0 Å². The van der Waals surface area contributed by atoms with Crippen molar-refractivity contribution in [3.63, 3.8) is 0 Å². The lowest BCUT2D eigenvalue weighted by atomic mass is 10.1. The molecular weight excluding hydrogens is 406 g/mol. The highest BCUT2D eigenvalue weighted by Gasteiger charge is 2.34. The minimum absolute atomic E-state index is 0.0332. The Hall–Kier alpha value is -3.14. The molecule has 0 aliphatic carbocycles. The first-order chi connectivity index (χ1) is 14.1. The van der Waals surface area contributed by atoms with Gasteiger partial charge in [0.25, 0.3) is 15.6 Å². The van der Waals surface area contributed by atoms with E-state index >= 15 is 0 Å². The second-order valence-electron chi connectivity index (χ2n) is 7.81. The van der Waals surface area contributed by atoms with Crippen molar-refractivity contribution in [3.05, 3.63) is 45.9 Å². The number of nitrogens with one attached hydrogen (secondary N) is 1. The van der Waals surface area contributed by atoms with Crippen LogP contribution in [0.15, 0.2) is 38.4 Å². The molecule has 2 N–H and O–H groups in total. The number of para-hydroxylation sites is 1. The van der Waals surface area contributed by atoms with Crippen molar-refractivity contribution < 1.29 is 13.5 Å². The molecule has 1 aliphatic rings. The number of rotatable bonds is 4. The fraction of sp³-hybridized carbons (Fsp3) is 0.350. The smallest absolute Gasteiger partial charge is 0.289 e. The van der Waals surface area contributed by atoms with Gasteiger partial charge in [-0.3, -0.25) is 9.48 Å². The van der Waals surface area contributed by atoms with Crippen LogP contribution in [0.25, 0.3) is 10.9 Å². The number of aromatic nitrogens is 3. The monoisotopic (exact) mass is 429 g/mol. The van der Waals surface area contributed by atoms with E-state index < -0.39 is 15.6 Å². The van der Waals surface area contributed by atoms with Gasteiger partial charge in [0.15, 0.2) is 16.5 Å². The summed E-state index contributed by atoms with van der Waals surface area (Å²) in [7, 11) is -2.50. The molecule has 3 heterocycles. The van der Waals surface area contributed by atoms with Gasteiger partial charge in [-0.25, -0.2) is 0 Å². The first kappa shape index (κ1) is 20.1. The van der Waals surface area contributed by atoms with Crippen molar-refractivity contribution in [3.8, 4) is 5.75 Å². The molecule has 0 unspecified atom stereocenters. The molecule has 2 aromatic heterocycles. The van der Waals surface area contributed by atoms with Gasteiger partial charge in [-0.1, -0.05) is 26.0 Å². The summed E-state index contributed by atoms with van der Waals surface area (Å²) < 4.78 is 32.4. The second kappa shape index (κ2) is 6.98. The molecule has 0 saturated carbocycles. The van der Waals surface area contributed by atoms with Crippen LogP contribution in [0.1, 0.15) is 31.5 Å². The van der Waals surface area contributed by atoms with Crippen molar-refractivity contribution in [2.24, 2.45) is 17.4 Å². The van der Waals surface area contributed by atoms with Crippen molar-refractivity contribution in [2.75, 3.05) is 5.32 Å². The number of aromatic hydroxyl groups is 1. The van der Waals surface area contributed by atoms with Crippen LogP contribution < -0.4 is 10.9 Å². The highest BCUT2D eigenvalue weighted by atomic mass is 32.2. The number of nitrogens with zero attached hydrogens (tertiary/aromatic N) is 4. The predicted molar refractivity (Wildman–Crippen MR) is 115 cm³/mol. The highest BCUT2D eigenvalue weighted by Crippen LogP contribution is 2.33. The zero-order valence-electron chi connectivity index (χ0n) is 17.2. The molecule has 9 nitrogen and oxygen atoms in total. The maximum atomic E-state index is 13.4. The highest BCUT2D eigenvalue weighted by molar-refractivity contribution is 7.90. The van der Waals surface area contributed by atoms with Gasteiger partial charge < -0.3 is 15.0 Å². The minimum atomic E-state index is -4.09. The largest absolute Gasteiger partial charge is 0.506 e. The number of hydrogen-bond acceptors (Lipinski definition) is 6. The summed E-state index contributed by atoms with van der Waals surface area (Å²) in [5, 5.41) is 18.4. The van der Waals surface area contributed by atoms with Crippen LogP contribution in [0.4, 0.5) is 5.82 Å². The Bertz CT molecular complexity index is 1370. The Balaban J connectivity index is 1.99. The fourth-order valence-electron chi connectivity index (χ4n) is 3.71. The summed E-state index contributed by atoms with van der Waals surface area (Å²) in [4.78, 5) is 13.4. The number of anilines is 1. The van der Waals surface area contributed by atoms with Crippen LogP contribution in [0, 0.1) is 12.8 Å². The van der Waals surface area contributed by atoms with Crippen molar-refractivity contribution in [1.29, 1.82) is 0 Å². The number of sulfonamides is 1. The summed E-state index contributed by atoms with van der Waals surface area (Å²) in [6.45, 7) is 6.12. The lowest BCUT2D eigenvalue weighted by Crippen LogP contribution is -2.33. The van der Waals surface area contributed by atoms with Gasteiger partial charge in [0.2, 0.25) is 0 Å². The van der Waals surface area contributed by atoms with E-state index in [1.54, 1.807) is 42.8 Å². The van der Waals surface area contributed by atoms with E-state index in [1.165, 1.54) is 4.68 Å². The first-order valence-corrected chi connectivity index (χ1v) is 11.1. The van der Waals surface area contributed by atoms with Crippen LogP contribution in [-0.4, -0.2) is 33.7 Å². The molecule has 0 bridgehead atoms. The Kier molecular flexibility index (Phi) is 4.69. The predicted octanol–water partition coefficient (Wildman–Crippen LogP) is 2.36. The molecule has 1 aromatic carbocycles. The van der Waals surface area contributed by atoms with Gasteiger partial charge in [-0.15, -0.1) is 4.40 Å². The van der Waals surface area contributed by atoms with E-state index in [1.807, 2.05) is 0 Å². The third-order valence-corrected chi connectivity index (χ3v) is 6.61. The molecule has 0 atom stereocenters. The average molecular weight is 430 g/mol. The molecule has 0 radical (unpaired) electrons. The number of benzene rings is 1. The molecular formula is C20H23N5O4S. The molecule has 158 valence electrons. The lowest BCUT2D eigenvalue weighted by Gasteiger charge is -2.20. The van der Waals surface area contributed by atoms with Crippen molar-refractivity contribution >= 4 is 32.6 Å². The quantitative estimate of drug-likeness (QED) is 0.657. The van der Waals surface area contributed by atoms with Crippen LogP contribution >= 0.6 is 0 Å². The Morgan fingerprint density at radius 3 is 2.63 bits per heavy atom. The summed E-state index contributed by atoms with van der Waals surface area (Å²) in [5.41, 5.74) is 0.210. The normalized spacial score (nSPS) is 15.2. The molecule has 0 spiro atoms. The number of aryl methyl sites for hydroxylation is 3. The maximum absolute atomic E-state index is 13.4. The molecule has 1 aliphatic heterocycles. The van der Waals surface area contributed by atoms with Crippen LogP contribution in [-0.2, 0) is 23.6 Å². The zero-order chi connectivity index (χ0) is 21.8. The van der Waals surface area contributed by atoms with E-state index in [0.717, 1.165) is 6.42 Å². The molecule has 0 amide bonds. The van der Waals surface area contributed by atoms with Crippen molar-refractivity contribution in [2.45, 2.75) is 38.6 Å². The zero-order valence-corrected chi connectivity index (χ0v) is 18.0. The van der Waals surface area contributed by atoms with Gasteiger partial charge >= 0.3 is 0 Å². The van der Waals surface area contributed by atoms with Gasteiger partial charge in [-0.05, 0) is 31.4 Å². The summed E-state index contributed by atoms with van der Waals surface area (Å²) >= 11 is 0. The van der Waals surface area contributed by atoms with Gasteiger partial charge in [-0.2, -0.15) is 13.5 Å². The number of hydrogen-bond donors (Lipinski definition) is 2. The lowest BCUT2D eigenvalue weighted by molar-refractivity contribution is 0.474. The van der Waals surface area contributed by atoms with Gasteiger partial charge in [0.1, 0.15) is 11.3 Å². The molecule has 0 saturated heterocycles. The van der Waals surface area contributed by atoms with E-state index in [2.05, 4.69) is 28.7 Å². The third kappa shape index (κ3) is 3.07. The van der Waals surface area contributed by atoms with E-state index in [9.17, 15) is 18.3 Å². The Morgan fingerprint density at radius 2 is 1.93 bits per heavy atom. The first-order valence-electron chi connectivity index (χ1n) is 9.62. The summed E-state index contributed by atoms with van der Waals surface area (Å²) in [5.74, 6) is 0.0499. The minimum Gasteiger partial charge on any atom is -0.506 e. The van der Waals surface area contributed by atoms with Crippen molar-refractivity contribution in [1.82, 2.24) is 14.3 Å². The van der Waals surface area contributed by atoms with Crippen LogP contribution in [0.5, 0.6) is 5.75 Å². The Morgan fingerprint density at radius 1 is 1.23 bits per heavy atom. The number of fused-ring (bicyclic) bond motifs is 2. The molecule has 4 rings (SSSR count). The molecule has 30 heavy (non-hydrogen) atoms. The van der Waals surface area contributed by atoms with E-state index in [4.69, 9.17) is 0 Å². The van der Waals surface area contributed by atoms with Gasteiger partial charge in [0, 0.05) is 19.0 Å². The average Bonchev–Trinajstić information content (AvgIpc) is 2.95. The van der Waals surface area contributed by atoms with Crippen LogP contribution in [0.2, 0.25) is 0 Å². The summed E-state index contributed by atoms with van der Waals surface area (Å²) in [6, 6.07) is 6.99. The number of amidine groups is 1. The standard InChI is InChI=1S/C20H23N5O4S/c1-11(2)9-10-25-14-8-6-5-7-13(14)16(26)15(20(25)27)18-21-19-17(30(28,29)23-18)12(3)22-24(19)4/h5-8,11,26H,9-10H2,1-4H3,(H,21,23). The van der Waals surface area contributed by atoms with Gasteiger partial charge in [0.05, 0.1) is 11.2 Å². The maximum Gasteiger partial charge on any atom is 0.289 e.